The van der Waals surface area contributed by atoms with Crippen molar-refractivity contribution >= 4 is 5.91 Å². The third-order valence-electron chi connectivity index (χ3n) is 2.63. The van der Waals surface area contributed by atoms with Crippen molar-refractivity contribution in [1.29, 1.82) is 0 Å². The van der Waals surface area contributed by atoms with Gasteiger partial charge in [-0.3, -0.25) is 4.79 Å². The molecule has 0 aromatic heterocycles. The van der Waals surface area contributed by atoms with Crippen LogP contribution in [0.1, 0.15) is 22.3 Å². The lowest BCUT2D eigenvalue weighted by Gasteiger charge is -2.11. The van der Waals surface area contributed by atoms with Gasteiger partial charge in [0.25, 0.3) is 5.91 Å². The molecule has 100 valence electrons. The van der Waals surface area contributed by atoms with Crippen molar-refractivity contribution < 1.29 is 9.53 Å². The zero-order valence-electron chi connectivity index (χ0n) is 11.4. The monoisotopic (exact) mass is 250 g/mol. The first kappa shape index (κ1) is 14.7. The Hall–Kier alpha value is -1.39. The molecule has 0 aliphatic carbocycles. The van der Waals surface area contributed by atoms with E-state index in [4.69, 9.17) is 4.74 Å². The molecule has 0 saturated heterocycles. The Labute approximate surface area is 109 Å². The minimum Gasteiger partial charge on any atom is -0.380 e. The fourth-order valence-electron chi connectivity index (χ4n) is 1.72. The van der Waals surface area contributed by atoms with E-state index in [0.717, 1.165) is 18.5 Å². The van der Waals surface area contributed by atoms with E-state index in [1.807, 2.05) is 38.4 Å². The highest BCUT2D eigenvalue weighted by atomic mass is 16.5. The van der Waals surface area contributed by atoms with Gasteiger partial charge in [-0.25, -0.2) is 0 Å². The van der Waals surface area contributed by atoms with Crippen LogP contribution in [-0.4, -0.2) is 45.1 Å². The third-order valence-corrected chi connectivity index (χ3v) is 2.63. The summed E-state index contributed by atoms with van der Waals surface area (Å²) in [5, 5.41) is 2.93. The summed E-state index contributed by atoms with van der Waals surface area (Å²) in [6.07, 6.45) is 0.950. The molecular formula is C14H22N2O2. The van der Waals surface area contributed by atoms with Gasteiger partial charge in [0.1, 0.15) is 0 Å². The highest BCUT2D eigenvalue weighted by Crippen LogP contribution is 2.09. The summed E-state index contributed by atoms with van der Waals surface area (Å²) in [7, 11) is 5.68. The van der Waals surface area contributed by atoms with Crippen LogP contribution in [0.3, 0.4) is 0 Å². The summed E-state index contributed by atoms with van der Waals surface area (Å²) in [6, 6.07) is 7.53. The van der Waals surface area contributed by atoms with E-state index in [1.165, 1.54) is 0 Å². The molecule has 0 heterocycles. The van der Waals surface area contributed by atoms with Gasteiger partial charge in [-0.05, 0) is 38.7 Å². The lowest BCUT2D eigenvalue weighted by molar-refractivity contribution is 0.0947. The Morgan fingerprint density at radius 3 is 2.72 bits per heavy atom. The number of ether oxygens (including phenoxy) is 1. The third kappa shape index (κ3) is 4.85. The normalized spacial score (nSPS) is 10.7. The number of rotatable bonds is 7. The summed E-state index contributed by atoms with van der Waals surface area (Å²) >= 11 is 0. The number of nitrogens with one attached hydrogen (secondary N) is 1. The second-order valence-electron chi connectivity index (χ2n) is 4.50. The maximum atomic E-state index is 12.0. The van der Waals surface area contributed by atoms with Crippen molar-refractivity contribution in [3.63, 3.8) is 0 Å². The average molecular weight is 250 g/mol. The fourth-order valence-corrected chi connectivity index (χ4v) is 1.72. The Morgan fingerprint density at radius 1 is 1.33 bits per heavy atom. The average Bonchev–Trinajstić information content (AvgIpc) is 2.35. The highest BCUT2D eigenvalue weighted by molar-refractivity contribution is 5.95. The predicted molar refractivity (Wildman–Crippen MR) is 72.7 cm³/mol. The van der Waals surface area contributed by atoms with Crippen molar-refractivity contribution in [2.24, 2.45) is 0 Å². The molecule has 0 unspecified atom stereocenters. The van der Waals surface area contributed by atoms with Gasteiger partial charge in [0, 0.05) is 19.2 Å². The number of benzene rings is 1. The SMILES string of the molecule is COCc1ccccc1C(=O)NCCCN(C)C. The molecule has 4 nitrogen and oxygen atoms in total. The van der Waals surface area contributed by atoms with Crippen LogP contribution in [0, 0.1) is 0 Å². The number of nitrogens with zero attached hydrogens (tertiary/aromatic N) is 1. The molecule has 0 spiro atoms. The fraction of sp³-hybridized carbons (Fsp3) is 0.500. The number of amides is 1. The van der Waals surface area contributed by atoms with Crippen molar-refractivity contribution in [2.45, 2.75) is 13.0 Å². The molecule has 0 fully saturated rings. The van der Waals surface area contributed by atoms with Gasteiger partial charge in [0.05, 0.1) is 6.61 Å². The number of carbonyl (C=O) groups excluding carboxylic acids is 1. The summed E-state index contributed by atoms with van der Waals surface area (Å²) in [5.41, 5.74) is 1.62. The lowest BCUT2D eigenvalue weighted by atomic mass is 10.1. The molecule has 0 atom stereocenters. The maximum absolute atomic E-state index is 12.0. The van der Waals surface area contributed by atoms with Crippen LogP contribution in [0.2, 0.25) is 0 Å². The van der Waals surface area contributed by atoms with Crippen molar-refractivity contribution in [2.75, 3.05) is 34.3 Å². The number of carbonyl (C=O) groups is 1. The zero-order valence-corrected chi connectivity index (χ0v) is 11.4. The molecule has 1 rings (SSSR count). The van der Waals surface area contributed by atoms with Crippen molar-refractivity contribution in [3.05, 3.63) is 35.4 Å². The molecule has 1 aromatic carbocycles. The van der Waals surface area contributed by atoms with Crippen LogP contribution in [0.4, 0.5) is 0 Å². The van der Waals surface area contributed by atoms with Crippen molar-refractivity contribution in [3.8, 4) is 0 Å². The first-order valence-corrected chi connectivity index (χ1v) is 6.15. The Kier molecular flexibility index (Phi) is 6.39. The molecule has 0 aliphatic heterocycles. The van der Waals surface area contributed by atoms with Crippen molar-refractivity contribution in [1.82, 2.24) is 10.2 Å². The van der Waals surface area contributed by atoms with E-state index < -0.39 is 0 Å². The second kappa shape index (κ2) is 7.84. The van der Waals surface area contributed by atoms with Crippen LogP contribution in [0.15, 0.2) is 24.3 Å². The topological polar surface area (TPSA) is 41.6 Å². The first-order chi connectivity index (χ1) is 8.65. The van der Waals surface area contributed by atoms with E-state index in [0.29, 0.717) is 18.7 Å². The Bertz CT molecular complexity index is 378. The van der Waals surface area contributed by atoms with Crippen LogP contribution in [0.25, 0.3) is 0 Å². The van der Waals surface area contributed by atoms with E-state index >= 15 is 0 Å². The summed E-state index contributed by atoms with van der Waals surface area (Å²) in [5.74, 6) is -0.0265. The van der Waals surface area contributed by atoms with Crippen LogP contribution < -0.4 is 5.32 Å². The van der Waals surface area contributed by atoms with Gasteiger partial charge in [-0.2, -0.15) is 0 Å². The highest BCUT2D eigenvalue weighted by Gasteiger charge is 2.09. The van der Waals surface area contributed by atoms with Gasteiger partial charge >= 0.3 is 0 Å². The van der Waals surface area contributed by atoms with Crippen LogP contribution >= 0.6 is 0 Å². The maximum Gasteiger partial charge on any atom is 0.251 e. The molecule has 4 heteroatoms. The predicted octanol–water partition coefficient (Wildman–Crippen LogP) is 1.51. The minimum absolute atomic E-state index is 0.0265. The molecule has 1 N–H and O–H groups in total. The standard InChI is InChI=1S/C14H22N2O2/c1-16(2)10-6-9-15-14(17)13-8-5-4-7-12(13)11-18-3/h4-5,7-8H,6,9-11H2,1-3H3,(H,15,17). The number of methoxy groups -OCH3 is 1. The van der Waals surface area contributed by atoms with Crippen LogP contribution in [-0.2, 0) is 11.3 Å². The quantitative estimate of drug-likeness (QED) is 0.746. The Balaban J connectivity index is 2.50. The van der Waals surface area contributed by atoms with E-state index in [9.17, 15) is 4.79 Å². The lowest BCUT2D eigenvalue weighted by Crippen LogP contribution is -2.27. The molecule has 0 aliphatic rings. The van der Waals surface area contributed by atoms with Crippen LogP contribution in [0.5, 0.6) is 0 Å². The van der Waals surface area contributed by atoms with Gasteiger partial charge in [0.2, 0.25) is 0 Å². The number of hydrogen-bond donors (Lipinski definition) is 1. The van der Waals surface area contributed by atoms with Gasteiger partial charge in [-0.1, -0.05) is 18.2 Å². The van der Waals surface area contributed by atoms with Gasteiger partial charge in [-0.15, -0.1) is 0 Å². The van der Waals surface area contributed by atoms with E-state index in [-0.39, 0.29) is 5.91 Å². The molecule has 0 radical (unpaired) electrons. The minimum atomic E-state index is -0.0265. The molecular weight excluding hydrogens is 228 g/mol. The smallest absolute Gasteiger partial charge is 0.251 e. The second-order valence-corrected chi connectivity index (χ2v) is 4.50. The number of hydrogen-bond acceptors (Lipinski definition) is 3. The first-order valence-electron chi connectivity index (χ1n) is 6.15. The Morgan fingerprint density at radius 2 is 2.06 bits per heavy atom. The molecule has 1 aromatic rings. The zero-order chi connectivity index (χ0) is 13.4. The molecule has 0 saturated carbocycles. The molecule has 1 amide bonds. The van der Waals surface area contributed by atoms with E-state index in [2.05, 4.69) is 10.2 Å². The van der Waals surface area contributed by atoms with E-state index in [1.54, 1.807) is 7.11 Å². The summed E-state index contributed by atoms with van der Waals surface area (Å²) in [4.78, 5) is 14.1. The van der Waals surface area contributed by atoms with Gasteiger partial charge < -0.3 is 15.0 Å². The summed E-state index contributed by atoms with van der Waals surface area (Å²) < 4.78 is 5.09. The summed E-state index contributed by atoms with van der Waals surface area (Å²) in [6.45, 7) is 2.12. The largest absolute Gasteiger partial charge is 0.380 e. The molecule has 18 heavy (non-hydrogen) atoms. The van der Waals surface area contributed by atoms with Gasteiger partial charge in [0.15, 0.2) is 0 Å². The molecule has 0 bridgehead atoms.